The summed E-state index contributed by atoms with van der Waals surface area (Å²) in [5.74, 6) is 2.53. The van der Waals surface area contributed by atoms with E-state index in [2.05, 4.69) is 37.3 Å². The first-order chi connectivity index (χ1) is 18.0. The van der Waals surface area contributed by atoms with Crippen molar-refractivity contribution < 1.29 is 9.53 Å². The number of carbonyl (C=O) groups excluding carboxylic acids is 1. The largest absolute Gasteiger partial charge is 0.372 e. The molecule has 0 aromatic carbocycles. The molecule has 37 heavy (non-hydrogen) atoms. The number of hydrogen-bond acceptors (Lipinski definition) is 8. The molecule has 0 saturated carbocycles. The van der Waals surface area contributed by atoms with Crippen LogP contribution in [0.5, 0.6) is 0 Å². The van der Waals surface area contributed by atoms with Gasteiger partial charge in [0.25, 0.3) is 0 Å². The number of nitrogens with one attached hydrogen (secondary N) is 2. The normalized spacial score (nSPS) is 28.0. The Bertz CT molecular complexity index is 1080. The minimum atomic E-state index is 0.00875. The number of H-pyrrole nitrogens is 1. The highest BCUT2D eigenvalue weighted by Crippen LogP contribution is 2.37. The van der Waals surface area contributed by atoms with Crippen molar-refractivity contribution in [1.82, 2.24) is 30.0 Å². The number of carbonyl (C=O) groups is 1. The summed E-state index contributed by atoms with van der Waals surface area (Å²) >= 11 is 0. The Hall–Kier alpha value is -2.72. The fraction of sp³-hybridized carbons (Fsp3) is 0.704. The highest BCUT2D eigenvalue weighted by Gasteiger charge is 2.41. The lowest BCUT2D eigenvalue weighted by molar-refractivity contribution is -0.134. The Morgan fingerprint density at radius 1 is 1.08 bits per heavy atom. The molecule has 6 heterocycles. The van der Waals surface area contributed by atoms with Crippen LogP contribution in [0, 0.1) is 6.92 Å². The Kier molecular flexibility index (Phi) is 7.03. The second-order valence-electron chi connectivity index (χ2n) is 11.3. The minimum Gasteiger partial charge on any atom is -0.372 e. The minimum absolute atomic E-state index is 0.00875. The summed E-state index contributed by atoms with van der Waals surface area (Å²) in [5, 5.41) is 10.7. The van der Waals surface area contributed by atoms with E-state index in [1.807, 2.05) is 19.1 Å². The number of piperidine rings is 2. The van der Waals surface area contributed by atoms with Crippen molar-refractivity contribution in [2.75, 3.05) is 43.5 Å². The van der Waals surface area contributed by atoms with Gasteiger partial charge in [0.15, 0.2) is 5.82 Å². The number of rotatable bonds is 7. The van der Waals surface area contributed by atoms with Crippen LogP contribution >= 0.6 is 0 Å². The van der Waals surface area contributed by atoms with E-state index in [0.29, 0.717) is 30.6 Å². The standard InChI is InChI=1S/C27H40N8O2/c1-18-13-25(32-31-18)29-24-16-22(23-9-6-12-37-23)28-27(30-24)33(2)21-14-19-7-5-8-20(15-21)35(19)17-26(36)34-10-3-4-11-34/h13,16,19-21,23H,3-12,14-15,17H2,1-2H3,(H2,28,29,30,31,32)/t19-,20+,21-,23?. The number of nitrogens with zero attached hydrogens (tertiary/aromatic N) is 6. The first-order valence-corrected chi connectivity index (χ1v) is 14.1. The lowest BCUT2D eigenvalue weighted by Crippen LogP contribution is -2.58. The summed E-state index contributed by atoms with van der Waals surface area (Å²) in [6, 6.07) is 5.19. The van der Waals surface area contributed by atoms with Gasteiger partial charge in [-0.1, -0.05) is 6.42 Å². The number of aromatic nitrogens is 4. The Morgan fingerprint density at radius 2 is 1.86 bits per heavy atom. The lowest BCUT2D eigenvalue weighted by atomic mass is 9.81. The monoisotopic (exact) mass is 508 g/mol. The molecule has 0 spiro atoms. The number of anilines is 3. The maximum atomic E-state index is 13.0. The molecule has 2 aromatic rings. The third kappa shape index (κ3) is 5.31. The molecule has 6 rings (SSSR count). The van der Waals surface area contributed by atoms with Crippen LogP contribution in [0.4, 0.5) is 17.6 Å². The molecule has 0 aliphatic carbocycles. The maximum Gasteiger partial charge on any atom is 0.236 e. The first-order valence-electron chi connectivity index (χ1n) is 14.1. The van der Waals surface area contributed by atoms with Crippen molar-refractivity contribution in [3.63, 3.8) is 0 Å². The van der Waals surface area contributed by atoms with E-state index in [1.54, 1.807) is 0 Å². The number of fused-ring (bicyclic) bond motifs is 2. The maximum absolute atomic E-state index is 13.0. The molecule has 4 atom stereocenters. The molecule has 10 heteroatoms. The molecular formula is C27H40N8O2. The number of hydrogen-bond donors (Lipinski definition) is 2. The lowest BCUT2D eigenvalue weighted by Gasteiger charge is -2.50. The Morgan fingerprint density at radius 3 is 2.54 bits per heavy atom. The smallest absolute Gasteiger partial charge is 0.236 e. The van der Waals surface area contributed by atoms with E-state index < -0.39 is 0 Å². The zero-order chi connectivity index (χ0) is 25.4. The molecular weight excluding hydrogens is 468 g/mol. The van der Waals surface area contributed by atoms with Crippen LogP contribution in [0.1, 0.15) is 75.3 Å². The molecule has 2 N–H and O–H groups in total. The molecule has 4 aliphatic heterocycles. The molecule has 2 aromatic heterocycles. The molecule has 0 radical (unpaired) electrons. The summed E-state index contributed by atoms with van der Waals surface area (Å²) < 4.78 is 5.98. The fourth-order valence-electron chi connectivity index (χ4n) is 6.67. The number of ether oxygens (including phenoxy) is 1. The van der Waals surface area contributed by atoms with E-state index in [9.17, 15) is 4.79 Å². The van der Waals surface area contributed by atoms with Gasteiger partial charge in [0.1, 0.15) is 5.82 Å². The van der Waals surface area contributed by atoms with Gasteiger partial charge in [-0.25, -0.2) is 4.98 Å². The van der Waals surface area contributed by atoms with E-state index in [-0.39, 0.29) is 6.10 Å². The quantitative estimate of drug-likeness (QED) is 0.586. The number of aryl methyl sites for hydroxylation is 1. The summed E-state index contributed by atoms with van der Waals surface area (Å²) in [4.78, 5) is 29.7. The highest BCUT2D eigenvalue weighted by molar-refractivity contribution is 5.78. The Balaban J connectivity index is 1.20. The predicted octanol–water partition coefficient (Wildman–Crippen LogP) is 3.55. The third-order valence-electron chi connectivity index (χ3n) is 8.70. The van der Waals surface area contributed by atoms with Crippen LogP contribution < -0.4 is 10.2 Å². The molecule has 1 unspecified atom stereocenters. The van der Waals surface area contributed by atoms with Crippen LogP contribution in [0.15, 0.2) is 12.1 Å². The summed E-state index contributed by atoms with van der Waals surface area (Å²) in [6.07, 6.45) is 9.99. The summed E-state index contributed by atoms with van der Waals surface area (Å²) in [5.41, 5.74) is 1.92. The van der Waals surface area contributed by atoms with E-state index in [0.717, 1.165) is 100 Å². The molecule has 10 nitrogen and oxygen atoms in total. The van der Waals surface area contributed by atoms with Gasteiger partial charge in [-0.15, -0.1) is 0 Å². The average molecular weight is 509 g/mol. The van der Waals surface area contributed by atoms with Crippen LogP contribution in [-0.4, -0.2) is 87.3 Å². The third-order valence-corrected chi connectivity index (χ3v) is 8.70. The molecule has 1 amide bonds. The van der Waals surface area contributed by atoms with Gasteiger partial charge in [-0.3, -0.25) is 14.8 Å². The number of aromatic amines is 1. The second-order valence-corrected chi connectivity index (χ2v) is 11.3. The SMILES string of the molecule is Cc1cc(Nc2cc(C3CCCO3)nc(N(C)[C@@H]3C[C@H]4CCC[C@@H](C3)N4CC(=O)N3CCCC3)n2)n[nH]1. The molecule has 4 saturated heterocycles. The van der Waals surface area contributed by atoms with Crippen molar-refractivity contribution >= 4 is 23.5 Å². The summed E-state index contributed by atoms with van der Waals surface area (Å²) in [7, 11) is 2.13. The number of likely N-dealkylation sites (tertiary alicyclic amines) is 1. The first kappa shape index (κ1) is 24.6. The zero-order valence-electron chi connectivity index (χ0n) is 22.2. The van der Waals surface area contributed by atoms with Crippen LogP contribution in [0.2, 0.25) is 0 Å². The van der Waals surface area contributed by atoms with Crippen molar-refractivity contribution in [2.24, 2.45) is 0 Å². The van der Waals surface area contributed by atoms with Gasteiger partial charge in [-0.05, 0) is 58.3 Å². The molecule has 200 valence electrons. The van der Waals surface area contributed by atoms with Gasteiger partial charge in [0, 0.05) is 62.7 Å². The van der Waals surface area contributed by atoms with Gasteiger partial charge in [0.05, 0.1) is 18.3 Å². The average Bonchev–Trinajstić information content (AvgIpc) is 3.67. The summed E-state index contributed by atoms with van der Waals surface area (Å²) in [6.45, 7) is 5.20. The van der Waals surface area contributed by atoms with E-state index >= 15 is 0 Å². The predicted molar refractivity (Wildman–Crippen MR) is 142 cm³/mol. The van der Waals surface area contributed by atoms with Crippen molar-refractivity contribution in [1.29, 1.82) is 0 Å². The zero-order valence-corrected chi connectivity index (χ0v) is 22.2. The van der Waals surface area contributed by atoms with Gasteiger partial charge in [-0.2, -0.15) is 10.1 Å². The number of amides is 1. The van der Waals surface area contributed by atoms with Crippen molar-refractivity contribution in [3.8, 4) is 0 Å². The topological polar surface area (TPSA) is 103 Å². The fourth-order valence-corrected chi connectivity index (χ4v) is 6.67. The van der Waals surface area contributed by atoms with Crippen molar-refractivity contribution in [3.05, 3.63) is 23.5 Å². The highest BCUT2D eigenvalue weighted by atomic mass is 16.5. The Labute approximate surface area is 219 Å². The molecule has 2 bridgehead atoms. The molecule has 4 fully saturated rings. The van der Waals surface area contributed by atoms with Crippen LogP contribution in [-0.2, 0) is 9.53 Å². The second kappa shape index (κ2) is 10.6. The van der Waals surface area contributed by atoms with Gasteiger partial charge in [0.2, 0.25) is 11.9 Å². The van der Waals surface area contributed by atoms with Crippen LogP contribution in [0.3, 0.4) is 0 Å². The van der Waals surface area contributed by atoms with Gasteiger partial charge >= 0.3 is 0 Å². The van der Waals surface area contributed by atoms with E-state index in [1.165, 1.54) is 6.42 Å². The molecule has 4 aliphatic rings. The van der Waals surface area contributed by atoms with Crippen LogP contribution in [0.25, 0.3) is 0 Å². The van der Waals surface area contributed by atoms with E-state index in [4.69, 9.17) is 14.7 Å². The van der Waals surface area contributed by atoms with Gasteiger partial charge < -0.3 is 19.9 Å². The van der Waals surface area contributed by atoms with Crippen molar-refractivity contribution in [2.45, 2.75) is 88.9 Å².